The standard InChI is InChI=1S/C28H45NO6/c1-8-23-16-28(6,32-7)17-24(35-23)12-9-19(2)10-13-26-20(3)15-25(22(5)34-26)29-27(31)14-11-21(4)33-18-30/h9-12,14,18,20-26H,8,13,15-17H2,1-7H3,(H,29,31)/b12-9+,14-11-,19-10+/t20?,21?,22?,23-,24?,25?,26?,28+/m1/s1. The van der Waals surface area contributed by atoms with Crippen molar-refractivity contribution in [3.05, 3.63) is 36.0 Å². The zero-order valence-electron chi connectivity index (χ0n) is 22.5. The fourth-order valence-electron chi connectivity index (χ4n) is 4.78. The molecule has 35 heavy (non-hydrogen) atoms. The van der Waals surface area contributed by atoms with Gasteiger partial charge in [0.2, 0.25) is 5.91 Å². The monoisotopic (exact) mass is 491 g/mol. The normalized spacial score (nSPS) is 35.2. The van der Waals surface area contributed by atoms with Crippen LogP contribution in [0.15, 0.2) is 36.0 Å². The smallest absolute Gasteiger partial charge is 0.293 e. The summed E-state index contributed by atoms with van der Waals surface area (Å²) >= 11 is 0. The molecule has 0 saturated carbocycles. The Bertz CT molecular complexity index is 777. The van der Waals surface area contributed by atoms with Gasteiger partial charge in [-0.05, 0) is 59.0 Å². The van der Waals surface area contributed by atoms with E-state index in [1.807, 2.05) is 6.92 Å². The lowest BCUT2D eigenvalue weighted by Crippen LogP contribution is -2.50. The van der Waals surface area contributed by atoms with E-state index in [2.05, 4.69) is 51.2 Å². The van der Waals surface area contributed by atoms with Crippen molar-refractivity contribution in [2.24, 2.45) is 5.92 Å². The molecule has 0 bridgehead atoms. The molecule has 0 radical (unpaired) electrons. The van der Waals surface area contributed by atoms with Gasteiger partial charge in [-0.1, -0.05) is 37.6 Å². The number of methoxy groups -OCH3 is 1. The predicted octanol–water partition coefficient (Wildman–Crippen LogP) is 4.66. The summed E-state index contributed by atoms with van der Waals surface area (Å²) in [5.41, 5.74) is 1.04. The first kappa shape index (κ1) is 29.3. The van der Waals surface area contributed by atoms with Crippen LogP contribution in [0.25, 0.3) is 0 Å². The topological polar surface area (TPSA) is 83.1 Å². The number of allylic oxidation sites excluding steroid dienone is 2. The lowest BCUT2D eigenvalue weighted by Gasteiger charge is -2.40. The molecule has 0 aromatic rings. The first-order valence-electron chi connectivity index (χ1n) is 12.9. The molecule has 2 rings (SSSR count). The number of amides is 1. The minimum absolute atomic E-state index is 0.0540. The van der Waals surface area contributed by atoms with E-state index < -0.39 is 6.10 Å². The average Bonchev–Trinajstić information content (AvgIpc) is 2.82. The number of rotatable bonds is 11. The highest BCUT2D eigenvalue weighted by Gasteiger charge is 2.36. The van der Waals surface area contributed by atoms with Crippen molar-refractivity contribution in [2.75, 3.05) is 7.11 Å². The minimum atomic E-state index is -0.437. The maximum absolute atomic E-state index is 12.2. The molecule has 2 heterocycles. The van der Waals surface area contributed by atoms with Crippen molar-refractivity contribution in [1.82, 2.24) is 5.32 Å². The molecule has 7 heteroatoms. The van der Waals surface area contributed by atoms with Gasteiger partial charge < -0.3 is 24.3 Å². The third kappa shape index (κ3) is 9.54. The second kappa shape index (κ2) is 14.0. The van der Waals surface area contributed by atoms with Gasteiger partial charge >= 0.3 is 0 Å². The van der Waals surface area contributed by atoms with Crippen molar-refractivity contribution in [3.8, 4) is 0 Å². The SMILES string of the molecule is CC[C@@H]1C[C@](C)(OC)CC(/C=C/C(C)=C/CC2OC(C)C(NC(=O)/C=C\C(C)OC=O)CC2C)O1. The number of hydrogen-bond acceptors (Lipinski definition) is 6. The minimum Gasteiger partial charge on any atom is -0.461 e. The summed E-state index contributed by atoms with van der Waals surface area (Å²) in [6.45, 7) is 12.7. The van der Waals surface area contributed by atoms with Crippen LogP contribution in [-0.2, 0) is 28.5 Å². The van der Waals surface area contributed by atoms with E-state index in [1.165, 1.54) is 11.6 Å². The van der Waals surface area contributed by atoms with E-state index in [-0.39, 0.29) is 42.0 Å². The summed E-state index contributed by atoms with van der Waals surface area (Å²) in [5.74, 6) is 0.0957. The maximum Gasteiger partial charge on any atom is 0.293 e. The summed E-state index contributed by atoms with van der Waals surface area (Å²) in [4.78, 5) is 22.6. The van der Waals surface area contributed by atoms with Gasteiger partial charge in [0.05, 0.1) is 36.1 Å². The largest absolute Gasteiger partial charge is 0.461 e. The summed E-state index contributed by atoms with van der Waals surface area (Å²) in [6, 6.07) is -0.0595. The van der Waals surface area contributed by atoms with Crippen molar-refractivity contribution in [2.45, 2.75) is 116 Å². The van der Waals surface area contributed by atoms with Crippen molar-refractivity contribution >= 4 is 12.4 Å². The maximum atomic E-state index is 12.2. The molecular formula is C28H45NO6. The molecule has 6 unspecified atom stereocenters. The van der Waals surface area contributed by atoms with Crippen LogP contribution >= 0.6 is 0 Å². The van der Waals surface area contributed by atoms with Gasteiger partial charge in [-0.3, -0.25) is 9.59 Å². The first-order chi connectivity index (χ1) is 16.6. The molecule has 2 aliphatic rings. The number of hydrogen-bond donors (Lipinski definition) is 1. The molecule has 2 saturated heterocycles. The van der Waals surface area contributed by atoms with E-state index in [4.69, 9.17) is 18.9 Å². The van der Waals surface area contributed by atoms with Crippen LogP contribution in [0.1, 0.15) is 73.6 Å². The average molecular weight is 492 g/mol. The highest BCUT2D eigenvalue weighted by Crippen LogP contribution is 2.33. The molecule has 0 aromatic heterocycles. The molecule has 0 spiro atoms. The molecule has 8 atom stereocenters. The lowest BCUT2D eigenvalue weighted by molar-refractivity contribution is -0.136. The predicted molar refractivity (Wildman–Crippen MR) is 137 cm³/mol. The molecule has 0 aliphatic carbocycles. The van der Waals surface area contributed by atoms with Gasteiger partial charge in [0.25, 0.3) is 6.47 Å². The molecule has 0 aromatic carbocycles. The third-order valence-corrected chi connectivity index (χ3v) is 7.19. The fourth-order valence-corrected chi connectivity index (χ4v) is 4.78. The number of carbonyl (C=O) groups is 2. The zero-order valence-corrected chi connectivity index (χ0v) is 22.5. The van der Waals surface area contributed by atoms with Crippen LogP contribution in [0, 0.1) is 5.92 Å². The van der Waals surface area contributed by atoms with Crippen LogP contribution in [0.2, 0.25) is 0 Å². The fraction of sp³-hybridized carbons (Fsp3) is 0.714. The van der Waals surface area contributed by atoms with Gasteiger partial charge in [0.1, 0.15) is 6.10 Å². The highest BCUT2D eigenvalue weighted by molar-refractivity contribution is 5.87. The summed E-state index contributed by atoms with van der Waals surface area (Å²) in [7, 11) is 1.79. The Hall–Kier alpha value is -1.96. The lowest BCUT2D eigenvalue weighted by atomic mass is 9.87. The highest BCUT2D eigenvalue weighted by atomic mass is 16.5. The van der Waals surface area contributed by atoms with Gasteiger partial charge in [-0.15, -0.1) is 0 Å². The van der Waals surface area contributed by atoms with Crippen LogP contribution < -0.4 is 5.32 Å². The van der Waals surface area contributed by atoms with E-state index in [1.54, 1.807) is 20.1 Å². The van der Waals surface area contributed by atoms with Gasteiger partial charge in [0.15, 0.2) is 0 Å². The number of nitrogens with one attached hydrogen (secondary N) is 1. The molecule has 198 valence electrons. The summed E-state index contributed by atoms with van der Waals surface area (Å²) < 4.78 is 23.0. The molecular weight excluding hydrogens is 446 g/mol. The molecule has 1 N–H and O–H groups in total. The van der Waals surface area contributed by atoms with E-state index >= 15 is 0 Å². The van der Waals surface area contributed by atoms with Crippen molar-refractivity contribution in [1.29, 1.82) is 0 Å². The Morgan fingerprint density at radius 3 is 2.63 bits per heavy atom. The molecule has 2 aliphatic heterocycles. The van der Waals surface area contributed by atoms with E-state index in [0.29, 0.717) is 12.4 Å². The van der Waals surface area contributed by atoms with Gasteiger partial charge in [0, 0.05) is 26.0 Å². The van der Waals surface area contributed by atoms with E-state index in [0.717, 1.165) is 32.1 Å². The third-order valence-electron chi connectivity index (χ3n) is 7.19. The van der Waals surface area contributed by atoms with Crippen molar-refractivity contribution < 1.29 is 28.5 Å². The second-order valence-electron chi connectivity index (χ2n) is 10.3. The Balaban J connectivity index is 1.86. The summed E-state index contributed by atoms with van der Waals surface area (Å²) in [6.07, 6.45) is 13.8. The van der Waals surface area contributed by atoms with Gasteiger partial charge in [-0.2, -0.15) is 0 Å². The number of carbonyl (C=O) groups excluding carboxylic acids is 2. The van der Waals surface area contributed by atoms with Crippen LogP contribution in [0.3, 0.4) is 0 Å². The molecule has 2 fully saturated rings. The second-order valence-corrected chi connectivity index (χ2v) is 10.3. The number of ether oxygens (including phenoxy) is 4. The Morgan fingerprint density at radius 1 is 1.23 bits per heavy atom. The van der Waals surface area contributed by atoms with Crippen molar-refractivity contribution in [3.63, 3.8) is 0 Å². The van der Waals surface area contributed by atoms with E-state index in [9.17, 15) is 9.59 Å². The zero-order chi connectivity index (χ0) is 26.0. The van der Waals surface area contributed by atoms with Gasteiger partial charge in [-0.25, -0.2) is 0 Å². The van der Waals surface area contributed by atoms with Crippen LogP contribution in [-0.4, -0.2) is 61.7 Å². The summed E-state index contributed by atoms with van der Waals surface area (Å²) in [5, 5.41) is 3.01. The quantitative estimate of drug-likeness (QED) is 0.257. The Kier molecular flexibility index (Phi) is 11.7. The van der Waals surface area contributed by atoms with Crippen LogP contribution in [0.5, 0.6) is 0 Å². The first-order valence-corrected chi connectivity index (χ1v) is 12.9. The Labute approximate surface area is 211 Å². The Morgan fingerprint density at radius 2 is 1.97 bits per heavy atom. The van der Waals surface area contributed by atoms with Crippen LogP contribution in [0.4, 0.5) is 0 Å². The molecule has 1 amide bonds. The molecule has 7 nitrogen and oxygen atoms in total.